The zero-order valence-corrected chi connectivity index (χ0v) is 13.2. The minimum absolute atomic E-state index is 0.272. The number of nitrogens with one attached hydrogen (secondary N) is 1. The van der Waals surface area contributed by atoms with Crippen LogP contribution in [0.1, 0.15) is 25.3 Å². The number of hydrogen-bond acceptors (Lipinski definition) is 3. The zero-order chi connectivity index (χ0) is 14.5. The van der Waals surface area contributed by atoms with Crippen LogP contribution >= 0.6 is 11.6 Å². The summed E-state index contributed by atoms with van der Waals surface area (Å²) in [6.45, 7) is 2.81. The molecule has 1 aliphatic carbocycles. The predicted octanol–water partition coefficient (Wildman–Crippen LogP) is 3.29. The van der Waals surface area contributed by atoms with Crippen LogP contribution in [-0.4, -0.2) is 32.9 Å². The van der Waals surface area contributed by atoms with Crippen molar-refractivity contribution in [1.29, 1.82) is 0 Å². The zero-order valence-electron chi connectivity index (χ0n) is 12.5. The molecule has 2 rings (SSSR count). The summed E-state index contributed by atoms with van der Waals surface area (Å²) < 4.78 is 11.4. The van der Waals surface area contributed by atoms with Gasteiger partial charge < -0.3 is 14.8 Å². The summed E-state index contributed by atoms with van der Waals surface area (Å²) in [5.41, 5.74) is 1.13. The molecule has 20 heavy (non-hydrogen) atoms. The third-order valence-corrected chi connectivity index (χ3v) is 4.13. The van der Waals surface area contributed by atoms with Crippen molar-refractivity contribution in [2.75, 3.05) is 20.8 Å². The topological polar surface area (TPSA) is 30.5 Å². The molecular weight excluding hydrogens is 274 g/mol. The Bertz CT molecular complexity index is 434. The highest BCUT2D eigenvalue weighted by atomic mass is 35.5. The van der Waals surface area contributed by atoms with E-state index in [1.54, 1.807) is 7.11 Å². The van der Waals surface area contributed by atoms with Crippen molar-refractivity contribution in [3.05, 3.63) is 28.8 Å². The first-order chi connectivity index (χ1) is 9.69. The Morgan fingerprint density at radius 3 is 2.70 bits per heavy atom. The van der Waals surface area contributed by atoms with E-state index in [1.807, 2.05) is 25.2 Å². The maximum absolute atomic E-state index is 6.11. The molecule has 0 amide bonds. The molecule has 2 atom stereocenters. The molecule has 1 aromatic carbocycles. The Morgan fingerprint density at radius 1 is 1.40 bits per heavy atom. The Balaban J connectivity index is 2.14. The second-order valence-corrected chi connectivity index (χ2v) is 5.75. The summed E-state index contributed by atoms with van der Waals surface area (Å²) in [6.07, 6.45) is 3.68. The summed E-state index contributed by atoms with van der Waals surface area (Å²) in [7, 11) is 3.69. The van der Waals surface area contributed by atoms with Crippen molar-refractivity contribution in [2.24, 2.45) is 5.92 Å². The van der Waals surface area contributed by atoms with Gasteiger partial charge in [0.2, 0.25) is 0 Å². The highest BCUT2D eigenvalue weighted by molar-refractivity contribution is 6.30. The molecule has 0 radical (unpaired) electrons. The molecule has 0 aliphatic heterocycles. The molecule has 0 aromatic heterocycles. The van der Waals surface area contributed by atoms with Crippen molar-refractivity contribution < 1.29 is 9.47 Å². The van der Waals surface area contributed by atoms with Gasteiger partial charge in [0.25, 0.3) is 0 Å². The fraction of sp³-hybridized carbons (Fsp3) is 0.625. The normalized spacial score (nSPS) is 17.8. The Morgan fingerprint density at radius 2 is 2.15 bits per heavy atom. The molecule has 1 N–H and O–H groups in total. The van der Waals surface area contributed by atoms with E-state index in [0.29, 0.717) is 5.92 Å². The number of halogens is 1. The van der Waals surface area contributed by atoms with E-state index in [1.165, 1.54) is 12.8 Å². The Kier molecular flexibility index (Phi) is 5.70. The van der Waals surface area contributed by atoms with Gasteiger partial charge in [0.05, 0.1) is 13.2 Å². The number of likely N-dealkylation sites (N-methyl/N-ethyl adjacent to an activating group) is 1. The van der Waals surface area contributed by atoms with E-state index in [4.69, 9.17) is 21.1 Å². The van der Waals surface area contributed by atoms with Gasteiger partial charge in [-0.1, -0.05) is 11.6 Å². The van der Waals surface area contributed by atoms with E-state index in [9.17, 15) is 0 Å². The number of ether oxygens (including phenoxy) is 2. The van der Waals surface area contributed by atoms with Crippen molar-refractivity contribution in [3.8, 4) is 5.75 Å². The second-order valence-electron chi connectivity index (χ2n) is 5.31. The largest absolute Gasteiger partial charge is 0.496 e. The maximum atomic E-state index is 6.11. The molecule has 112 valence electrons. The van der Waals surface area contributed by atoms with E-state index in [2.05, 4.69) is 12.2 Å². The van der Waals surface area contributed by atoms with Crippen LogP contribution in [-0.2, 0) is 11.2 Å². The summed E-state index contributed by atoms with van der Waals surface area (Å²) in [5, 5.41) is 4.15. The van der Waals surface area contributed by atoms with Crippen LogP contribution in [0.5, 0.6) is 5.75 Å². The van der Waals surface area contributed by atoms with Gasteiger partial charge in [-0.2, -0.15) is 0 Å². The minimum atomic E-state index is 0.272. The summed E-state index contributed by atoms with van der Waals surface area (Å²) in [5.74, 6) is 1.58. The first-order valence-corrected chi connectivity index (χ1v) is 7.68. The lowest BCUT2D eigenvalue weighted by molar-refractivity contribution is 0.0210. The molecule has 3 nitrogen and oxygen atoms in total. The fourth-order valence-electron chi connectivity index (χ4n) is 2.72. The van der Waals surface area contributed by atoms with E-state index < -0.39 is 0 Å². The molecule has 0 spiro atoms. The highest BCUT2D eigenvalue weighted by Gasteiger charge is 2.36. The minimum Gasteiger partial charge on any atom is -0.496 e. The van der Waals surface area contributed by atoms with Gasteiger partial charge in [-0.25, -0.2) is 0 Å². The number of methoxy groups -OCH3 is 1. The summed E-state index contributed by atoms with van der Waals surface area (Å²) in [6, 6.07) is 6.06. The van der Waals surface area contributed by atoms with Gasteiger partial charge in [0.15, 0.2) is 0 Å². The van der Waals surface area contributed by atoms with E-state index in [0.717, 1.165) is 29.4 Å². The molecule has 0 saturated heterocycles. The third-order valence-electron chi connectivity index (χ3n) is 3.90. The monoisotopic (exact) mass is 297 g/mol. The Hall–Kier alpha value is -0.770. The first kappa shape index (κ1) is 15.6. The van der Waals surface area contributed by atoms with E-state index >= 15 is 0 Å². The van der Waals surface area contributed by atoms with Crippen LogP contribution in [0.3, 0.4) is 0 Å². The molecule has 1 saturated carbocycles. The molecule has 0 heterocycles. The lowest BCUT2D eigenvalue weighted by Gasteiger charge is -2.27. The van der Waals surface area contributed by atoms with Gasteiger partial charge in [-0.3, -0.25) is 0 Å². The number of hydrogen-bond donors (Lipinski definition) is 1. The molecule has 1 fully saturated rings. The van der Waals surface area contributed by atoms with Crippen LogP contribution in [0.2, 0.25) is 5.02 Å². The number of benzene rings is 1. The SMILES string of the molecule is CCOC(C1CC1)C(Cc1cc(Cl)ccc1OC)NC. The van der Waals surface area contributed by atoms with Crippen LogP contribution in [0, 0.1) is 5.92 Å². The van der Waals surface area contributed by atoms with Gasteiger partial charge >= 0.3 is 0 Å². The van der Waals surface area contributed by atoms with Gasteiger partial charge in [-0.15, -0.1) is 0 Å². The molecular formula is C16H24ClNO2. The highest BCUT2D eigenvalue weighted by Crippen LogP contribution is 2.37. The smallest absolute Gasteiger partial charge is 0.122 e. The molecule has 0 bridgehead atoms. The van der Waals surface area contributed by atoms with Crippen molar-refractivity contribution in [3.63, 3.8) is 0 Å². The average Bonchev–Trinajstić information content (AvgIpc) is 3.27. The van der Waals surface area contributed by atoms with Crippen LogP contribution < -0.4 is 10.1 Å². The molecule has 1 aromatic rings. The van der Waals surface area contributed by atoms with Gasteiger partial charge in [-0.05, 0) is 62.9 Å². The molecule has 1 aliphatic rings. The van der Waals surface area contributed by atoms with Crippen LogP contribution in [0.4, 0.5) is 0 Å². The average molecular weight is 298 g/mol. The third kappa shape index (κ3) is 3.87. The van der Waals surface area contributed by atoms with Crippen molar-refractivity contribution >= 4 is 11.6 Å². The summed E-state index contributed by atoms with van der Waals surface area (Å²) in [4.78, 5) is 0. The van der Waals surface area contributed by atoms with Crippen molar-refractivity contribution in [1.82, 2.24) is 5.32 Å². The number of rotatable bonds is 8. The van der Waals surface area contributed by atoms with Crippen molar-refractivity contribution in [2.45, 2.75) is 38.3 Å². The second kappa shape index (κ2) is 7.30. The quantitative estimate of drug-likeness (QED) is 0.799. The van der Waals surface area contributed by atoms with Gasteiger partial charge in [0.1, 0.15) is 5.75 Å². The lowest BCUT2D eigenvalue weighted by Crippen LogP contribution is -2.42. The first-order valence-electron chi connectivity index (χ1n) is 7.30. The predicted molar refractivity (Wildman–Crippen MR) is 82.7 cm³/mol. The fourth-order valence-corrected chi connectivity index (χ4v) is 2.92. The standard InChI is InChI=1S/C16H24ClNO2/c1-4-20-16(11-5-6-11)14(18-2)10-12-9-13(17)7-8-15(12)19-3/h7-9,11,14,16,18H,4-6,10H2,1-3H3. The summed E-state index contributed by atoms with van der Waals surface area (Å²) >= 11 is 6.11. The maximum Gasteiger partial charge on any atom is 0.122 e. The molecule has 4 heteroatoms. The van der Waals surface area contributed by atoms with E-state index in [-0.39, 0.29) is 12.1 Å². The van der Waals surface area contributed by atoms with Crippen LogP contribution in [0.25, 0.3) is 0 Å². The lowest BCUT2D eigenvalue weighted by atomic mass is 9.97. The molecule has 2 unspecified atom stereocenters. The van der Waals surface area contributed by atoms with Crippen LogP contribution in [0.15, 0.2) is 18.2 Å². The Labute approximate surface area is 126 Å². The van der Waals surface area contributed by atoms with Gasteiger partial charge in [0, 0.05) is 17.7 Å².